The number of aliphatic hydroxyl groups is 1. The molecular weight excluding hydrogens is 374 g/mol. The van der Waals surface area contributed by atoms with Gasteiger partial charge in [0.25, 0.3) is 0 Å². The van der Waals surface area contributed by atoms with Crippen molar-refractivity contribution < 1.29 is 28.3 Å². The van der Waals surface area contributed by atoms with Crippen molar-refractivity contribution in [2.75, 3.05) is 13.2 Å². The van der Waals surface area contributed by atoms with Crippen LogP contribution < -0.4 is 5.32 Å². The SMILES string of the molecule is CCc1ccc(C=CC(=O)NC(C)(CO)COC(=O)C=Cc2ccc(CC)o2)o1. The van der Waals surface area contributed by atoms with Gasteiger partial charge in [0.2, 0.25) is 5.91 Å². The number of carbonyl (C=O) groups is 2. The van der Waals surface area contributed by atoms with Gasteiger partial charge in [0.15, 0.2) is 0 Å². The van der Waals surface area contributed by atoms with Crippen molar-refractivity contribution in [1.29, 1.82) is 0 Å². The Balaban J connectivity index is 1.85. The van der Waals surface area contributed by atoms with Gasteiger partial charge < -0.3 is 24.0 Å². The Morgan fingerprint density at radius 2 is 1.59 bits per heavy atom. The lowest BCUT2D eigenvalue weighted by molar-refractivity contribution is -0.141. The zero-order valence-electron chi connectivity index (χ0n) is 16.9. The molecule has 29 heavy (non-hydrogen) atoms. The van der Waals surface area contributed by atoms with Crippen molar-refractivity contribution in [2.24, 2.45) is 0 Å². The Morgan fingerprint density at radius 3 is 2.07 bits per heavy atom. The predicted octanol–water partition coefficient (Wildman–Crippen LogP) is 3.13. The van der Waals surface area contributed by atoms with Crippen LogP contribution >= 0.6 is 0 Å². The summed E-state index contributed by atoms with van der Waals surface area (Å²) in [7, 11) is 0. The third-order valence-electron chi connectivity index (χ3n) is 4.15. The van der Waals surface area contributed by atoms with Crippen molar-refractivity contribution in [2.45, 2.75) is 39.2 Å². The van der Waals surface area contributed by atoms with Gasteiger partial charge in [0.1, 0.15) is 29.6 Å². The zero-order valence-corrected chi connectivity index (χ0v) is 16.9. The Kier molecular flexibility index (Phi) is 8.03. The van der Waals surface area contributed by atoms with E-state index in [4.69, 9.17) is 13.6 Å². The minimum absolute atomic E-state index is 0.189. The second-order valence-electron chi connectivity index (χ2n) is 6.80. The van der Waals surface area contributed by atoms with E-state index >= 15 is 0 Å². The molecule has 0 aliphatic carbocycles. The first-order valence-electron chi connectivity index (χ1n) is 9.50. The highest BCUT2D eigenvalue weighted by atomic mass is 16.5. The Labute approximate surface area is 170 Å². The van der Waals surface area contributed by atoms with Crippen LogP contribution in [0.25, 0.3) is 12.2 Å². The highest BCUT2D eigenvalue weighted by Gasteiger charge is 2.26. The number of carbonyl (C=O) groups excluding carboxylic acids is 2. The highest BCUT2D eigenvalue weighted by Crippen LogP contribution is 2.12. The number of amides is 1. The number of furan rings is 2. The summed E-state index contributed by atoms with van der Waals surface area (Å²) in [6.07, 6.45) is 7.11. The summed E-state index contributed by atoms with van der Waals surface area (Å²) in [4.78, 5) is 24.0. The average Bonchev–Trinajstić information content (AvgIpc) is 3.38. The number of ether oxygens (including phenoxy) is 1. The quantitative estimate of drug-likeness (QED) is 0.468. The van der Waals surface area contributed by atoms with Crippen LogP contribution in [0.4, 0.5) is 0 Å². The smallest absolute Gasteiger partial charge is 0.330 e. The lowest BCUT2D eigenvalue weighted by Gasteiger charge is -2.27. The second kappa shape index (κ2) is 10.5. The first-order valence-corrected chi connectivity index (χ1v) is 9.50. The molecule has 7 heteroatoms. The molecular formula is C22H27NO6. The lowest BCUT2D eigenvalue weighted by atomic mass is 10.1. The van der Waals surface area contributed by atoms with Gasteiger partial charge in [-0.2, -0.15) is 0 Å². The van der Waals surface area contributed by atoms with Crippen LogP contribution in [0.5, 0.6) is 0 Å². The summed E-state index contributed by atoms with van der Waals surface area (Å²) >= 11 is 0. The zero-order chi connectivity index (χ0) is 21.3. The van der Waals surface area contributed by atoms with Crippen molar-refractivity contribution in [3.8, 4) is 0 Å². The van der Waals surface area contributed by atoms with Crippen molar-refractivity contribution in [3.63, 3.8) is 0 Å². The molecule has 0 bridgehead atoms. The van der Waals surface area contributed by atoms with Crippen LogP contribution in [0.3, 0.4) is 0 Å². The van der Waals surface area contributed by atoms with Crippen LogP contribution in [0.1, 0.15) is 43.8 Å². The number of hydrogen-bond donors (Lipinski definition) is 2. The molecule has 0 saturated heterocycles. The summed E-state index contributed by atoms with van der Waals surface area (Å²) in [5.41, 5.74) is -1.12. The molecule has 2 aromatic rings. The van der Waals surface area contributed by atoms with E-state index in [9.17, 15) is 14.7 Å². The van der Waals surface area contributed by atoms with E-state index in [2.05, 4.69) is 5.32 Å². The first-order chi connectivity index (χ1) is 13.9. The minimum Gasteiger partial charge on any atom is -0.462 e. The predicted molar refractivity (Wildman–Crippen MR) is 109 cm³/mol. The molecule has 0 aliphatic rings. The summed E-state index contributed by atoms with van der Waals surface area (Å²) in [6.45, 7) is 4.93. The van der Waals surface area contributed by atoms with Gasteiger partial charge in [0, 0.05) is 25.0 Å². The molecule has 2 N–H and O–H groups in total. The number of nitrogens with one attached hydrogen (secondary N) is 1. The summed E-state index contributed by atoms with van der Waals surface area (Å²) in [5.74, 6) is 1.71. The van der Waals surface area contributed by atoms with Crippen LogP contribution in [0.2, 0.25) is 0 Å². The van der Waals surface area contributed by atoms with Crippen LogP contribution in [-0.4, -0.2) is 35.7 Å². The van der Waals surface area contributed by atoms with E-state index < -0.39 is 24.0 Å². The fourth-order valence-electron chi connectivity index (χ4n) is 2.40. The van der Waals surface area contributed by atoms with Crippen molar-refractivity contribution >= 4 is 24.0 Å². The molecule has 0 aromatic carbocycles. The van der Waals surface area contributed by atoms with E-state index in [0.29, 0.717) is 11.5 Å². The molecule has 1 amide bonds. The number of rotatable bonds is 10. The van der Waals surface area contributed by atoms with Gasteiger partial charge in [-0.1, -0.05) is 13.8 Å². The van der Waals surface area contributed by atoms with Gasteiger partial charge in [-0.25, -0.2) is 4.79 Å². The molecule has 0 spiro atoms. The third kappa shape index (κ3) is 7.12. The fourth-order valence-corrected chi connectivity index (χ4v) is 2.40. The Morgan fingerprint density at radius 1 is 1.03 bits per heavy atom. The molecule has 0 saturated carbocycles. The van der Waals surface area contributed by atoms with Crippen LogP contribution in [-0.2, 0) is 27.2 Å². The molecule has 2 heterocycles. The average molecular weight is 401 g/mol. The molecule has 2 aromatic heterocycles. The standard InChI is InChI=1S/C22H27NO6/c1-4-16-6-8-18(28-16)10-12-20(25)23-22(3,14-24)15-27-21(26)13-11-19-9-7-17(5-2)29-19/h6-13,24H,4-5,14-15H2,1-3H3,(H,23,25). The maximum atomic E-state index is 12.1. The second-order valence-corrected chi connectivity index (χ2v) is 6.80. The summed E-state index contributed by atoms with van der Waals surface area (Å²) in [5, 5.41) is 12.3. The lowest BCUT2D eigenvalue weighted by Crippen LogP contribution is -2.52. The van der Waals surface area contributed by atoms with E-state index in [-0.39, 0.29) is 6.61 Å². The van der Waals surface area contributed by atoms with Gasteiger partial charge in [-0.3, -0.25) is 4.79 Å². The van der Waals surface area contributed by atoms with Crippen molar-refractivity contribution in [1.82, 2.24) is 5.32 Å². The van der Waals surface area contributed by atoms with Gasteiger partial charge in [0.05, 0.1) is 12.1 Å². The van der Waals surface area contributed by atoms with Crippen LogP contribution in [0.15, 0.2) is 45.3 Å². The fraction of sp³-hybridized carbons (Fsp3) is 0.364. The van der Waals surface area contributed by atoms with Crippen molar-refractivity contribution in [3.05, 3.63) is 59.5 Å². The molecule has 156 valence electrons. The number of hydrogen-bond acceptors (Lipinski definition) is 6. The molecule has 0 radical (unpaired) electrons. The Hall–Kier alpha value is -3.06. The normalized spacial score (nSPS) is 13.7. The monoisotopic (exact) mass is 401 g/mol. The van der Waals surface area contributed by atoms with E-state index in [1.54, 1.807) is 19.1 Å². The largest absolute Gasteiger partial charge is 0.462 e. The minimum atomic E-state index is -1.12. The highest BCUT2D eigenvalue weighted by molar-refractivity contribution is 5.92. The molecule has 1 atom stereocenters. The third-order valence-corrected chi connectivity index (χ3v) is 4.15. The maximum Gasteiger partial charge on any atom is 0.330 e. The van der Waals surface area contributed by atoms with Gasteiger partial charge in [-0.15, -0.1) is 0 Å². The molecule has 1 unspecified atom stereocenters. The maximum absolute atomic E-state index is 12.1. The van der Waals surface area contributed by atoms with Gasteiger partial charge >= 0.3 is 5.97 Å². The number of aliphatic hydroxyl groups excluding tert-OH is 1. The molecule has 7 nitrogen and oxygen atoms in total. The molecule has 0 aliphatic heterocycles. The van der Waals surface area contributed by atoms with Gasteiger partial charge in [-0.05, 0) is 43.3 Å². The summed E-state index contributed by atoms with van der Waals surface area (Å²) < 4.78 is 16.1. The Bertz CT molecular complexity index is 876. The molecule has 2 rings (SSSR count). The van der Waals surface area contributed by atoms with E-state index in [1.165, 1.54) is 24.3 Å². The first kappa shape index (κ1) is 22.2. The van der Waals surface area contributed by atoms with E-state index in [0.717, 1.165) is 24.4 Å². The molecule has 0 fully saturated rings. The number of esters is 1. The van der Waals surface area contributed by atoms with Crippen LogP contribution in [0, 0.1) is 0 Å². The number of aryl methyl sites for hydroxylation is 2. The topological polar surface area (TPSA) is 102 Å². The van der Waals surface area contributed by atoms with E-state index in [1.807, 2.05) is 26.0 Å². The summed E-state index contributed by atoms with van der Waals surface area (Å²) in [6, 6.07) is 7.21.